The van der Waals surface area contributed by atoms with Crippen LogP contribution < -0.4 is 0 Å². The second-order valence-electron chi connectivity index (χ2n) is 0. The van der Waals surface area contributed by atoms with Gasteiger partial charge in [-0.3, -0.25) is 0 Å². The fraction of sp³-hybridized carbons (Fsp3) is 0. The molecule has 0 nitrogen and oxygen atoms in total. The van der Waals surface area contributed by atoms with E-state index in [9.17, 15) is 0 Å². The summed E-state index contributed by atoms with van der Waals surface area (Å²) in [6.07, 6.45) is 0. The quantitative estimate of drug-likeness (QED) is 0.312. The van der Waals surface area contributed by atoms with E-state index in [2.05, 4.69) is 0 Å². The Morgan fingerprint density at radius 3 is 1.00 bits per heavy atom. The molecule has 0 rings (SSSR count). The first-order chi connectivity index (χ1) is 0. The van der Waals surface area contributed by atoms with E-state index in [1.807, 2.05) is 0 Å². The molecular formula is CdPbSTlZn+5. The predicted octanol–water partition coefficient (Wildman–Crippen LogP) is -0.769. The first-order valence-electron chi connectivity index (χ1n) is 0. The minimum absolute atomic E-state index is 0. The van der Waals surface area contributed by atoms with Crippen LogP contribution in [0.15, 0.2) is 0 Å². The van der Waals surface area contributed by atoms with Crippen molar-refractivity contribution in [3.63, 3.8) is 0 Å². The second kappa shape index (κ2) is 25.1. The van der Waals surface area contributed by atoms with Crippen molar-refractivity contribution >= 4 is 68.1 Å². The smallest absolute Gasteiger partial charge is 2.00 e. The molecule has 0 atom stereocenters. The van der Waals surface area contributed by atoms with Crippen molar-refractivity contribution in [1.29, 1.82) is 0 Å². The van der Waals surface area contributed by atoms with Crippen molar-refractivity contribution < 1.29 is 46.8 Å². The summed E-state index contributed by atoms with van der Waals surface area (Å²) in [5.41, 5.74) is 0. The number of rotatable bonds is 0. The van der Waals surface area contributed by atoms with Gasteiger partial charge in [0.15, 0.2) is 0 Å². The minimum atomic E-state index is 0. The molecule has 0 unspecified atom stereocenters. The standard InChI is InChI=1S/Cd.Pb.S.Tl.Zn/q2*+2;-2;+1;+2. The van der Waals surface area contributed by atoms with Gasteiger partial charge in [-0.05, 0) is 0 Å². The Hall–Kier alpha value is 3.74. The molecule has 12 valence electrons. The maximum atomic E-state index is 0. The zero-order chi connectivity index (χ0) is 0. The van der Waals surface area contributed by atoms with Crippen LogP contribution >= 0.6 is 0 Å². The largest absolute Gasteiger partial charge is 2.00 e. The van der Waals surface area contributed by atoms with Gasteiger partial charge in [0.25, 0.3) is 0 Å². The van der Waals surface area contributed by atoms with Gasteiger partial charge in [0.1, 0.15) is 0 Å². The van der Waals surface area contributed by atoms with Crippen LogP contribution in [0.25, 0.3) is 0 Å². The van der Waals surface area contributed by atoms with Gasteiger partial charge in [0.2, 0.25) is 0 Å². The van der Waals surface area contributed by atoms with Gasteiger partial charge in [-0.1, -0.05) is 0 Å². The molecule has 0 bridgehead atoms. The molecule has 0 aliphatic heterocycles. The SMILES string of the molecule is [Cd+2].[Pb+2].[S-2].[Tl+].[Zn+2]. The Balaban J connectivity index is 0. The molecule has 0 aliphatic rings. The first kappa shape index (κ1) is 37.4. The molecule has 0 amide bonds. The fourth-order valence-corrected chi connectivity index (χ4v) is 0. The molecule has 0 aromatic heterocycles. The van der Waals surface area contributed by atoms with Crippen LogP contribution in [-0.2, 0) is 60.3 Å². The van der Waals surface area contributed by atoms with E-state index >= 15 is 0 Å². The molecule has 0 fully saturated rings. The summed E-state index contributed by atoms with van der Waals surface area (Å²) in [6, 6.07) is 0. The normalized spacial score (nSPS) is 0. The van der Waals surface area contributed by atoms with E-state index in [0.29, 0.717) is 0 Å². The first-order valence-corrected chi connectivity index (χ1v) is 0. The van der Waals surface area contributed by atoms with E-state index < -0.39 is 0 Å². The molecule has 0 saturated carbocycles. The van der Waals surface area contributed by atoms with Crippen molar-refractivity contribution in [2.24, 2.45) is 0 Å². The third kappa shape index (κ3) is 18.2. The second-order valence-corrected chi connectivity index (χ2v) is 0. The Morgan fingerprint density at radius 1 is 1.00 bits per heavy atom. The average Bonchev–Trinajstić information content (AvgIpc) is 0. The van der Waals surface area contributed by atoms with Crippen molar-refractivity contribution in [1.82, 2.24) is 0 Å². The Morgan fingerprint density at radius 2 is 1.00 bits per heavy atom. The summed E-state index contributed by atoms with van der Waals surface area (Å²) in [6.45, 7) is 0. The molecule has 0 spiro atoms. The van der Waals surface area contributed by atoms with Gasteiger partial charge < -0.3 is 13.5 Å². The molecular weight excluding hydrogens is 621 g/mol. The molecule has 0 aromatic rings. The third-order valence-corrected chi connectivity index (χ3v) is 0. The van der Waals surface area contributed by atoms with Crippen LogP contribution in [0.1, 0.15) is 0 Å². The van der Waals surface area contributed by atoms with Gasteiger partial charge >= 0.3 is 101 Å². The van der Waals surface area contributed by atoms with E-state index in [-0.39, 0.29) is 115 Å². The zero-order valence-electron chi connectivity index (χ0n) is 2.90. The van der Waals surface area contributed by atoms with Crippen LogP contribution in [0.5, 0.6) is 0 Å². The third-order valence-electron chi connectivity index (χ3n) is 0. The Kier molecular flexibility index (Phi) is 188. The van der Waals surface area contributed by atoms with Gasteiger partial charge in [0, 0.05) is 0 Å². The van der Waals surface area contributed by atoms with Crippen molar-refractivity contribution in [3.05, 3.63) is 0 Å². The van der Waals surface area contributed by atoms with E-state index in [1.54, 1.807) is 0 Å². The molecule has 0 N–H and O–H groups in total. The van der Waals surface area contributed by atoms with E-state index in [0.717, 1.165) is 0 Å². The fourth-order valence-electron chi connectivity index (χ4n) is 0. The Labute approximate surface area is 112 Å². The van der Waals surface area contributed by atoms with Crippen LogP contribution in [-0.4, -0.2) is 54.6 Å². The van der Waals surface area contributed by atoms with Crippen LogP contribution in [0.3, 0.4) is 0 Å². The van der Waals surface area contributed by atoms with Crippen molar-refractivity contribution in [2.45, 2.75) is 0 Å². The van der Waals surface area contributed by atoms with Gasteiger partial charge in [-0.2, -0.15) is 0 Å². The maximum Gasteiger partial charge on any atom is 2.00 e. The van der Waals surface area contributed by atoms with Crippen molar-refractivity contribution in [2.75, 3.05) is 0 Å². The van der Waals surface area contributed by atoms with Crippen LogP contribution in [0.4, 0.5) is 0 Å². The van der Waals surface area contributed by atoms with Crippen molar-refractivity contribution in [3.8, 4) is 0 Å². The predicted molar refractivity (Wildman–Crippen MR) is 18.9 cm³/mol. The maximum absolute atomic E-state index is 0. The summed E-state index contributed by atoms with van der Waals surface area (Å²) >= 11 is 0. The molecule has 5 heavy (non-hydrogen) atoms. The summed E-state index contributed by atoms with van der Waals surface area (Å²) in [7, 11) is 0. The molecule has 0 heterocycles. The average molecular weight is 621 g/mol. The summed E-state index contributed by atoms with van der Waals surface area (Å²) < 4.78 is 0. The van der Waals surface area contributed by atoms with Gasteiger partial charge in [0.05, 0.1) is 0 Å². The molecule has 5 heteroatoms. The van der Waals surface area contributed by atoms with E-state index in [1.165, 1.54) is 0 Å². The summed E-state index contributed by atoms with van der Waals surface area (Å²) in [5.74, 6) is 0. The zero-order valence-corrected chi connectivity index (χ0v) is 19.1. The summed E-state index contributed by atoms with van der Waals surface area (Å²) in [5, 5.41) is 0. The number of hydrogen-bond acceptors (Lipinski definition) is 0. The Bertz CT molecular complexity index is 11.6. The molecule has 0 aromatic carbocycles. The monoisotopic (exact) mass is 623 g/mol. The van der Waals surface area contributed by atoms with E-state index in [4.69, 9.17) is 0 Å². The van der Waals surface area contributed by atoms with Gasteiger partial charge in [-0.25, -0.2) is 0 Å². The summed E-state index contributed by atoms with van der Waals surface area (Å²) in [4.78, 5) is 0. The van der Waals surface area contributed by atoms with Crippen LogP contribution in [0.2, 0.25) is 0 Å². The molecule has 0 aliphatic carbocycles. The minimum Gasteiger partial charge on any atom is -2.00 e. The topological polar surface area (TPSA) is 0 Å². The number of hydrogen-bond donors (Lipinski definition) is 0. The molecule has 0 saturated heterocycles. The van der Waals surface area contributed by atoms with Gasteiger partial charge in [-0.15, -0.1) is 0 Å². The van der Waals surface area contributed by atoms with Crippen LogP contribution in [0, 0.1) is 0 Å². The molecule has 2 radical (unpaired) electrons.